The number of nitrogens with zero attached hydrogens (tertiary/aromatic N) is 1. The Labute approximate surface area is 208 Å². The number of carbonyl (C=O) groups is 1. The van der Waals surface area contributed by atoms with Crippen molar-refractivity contribution in [2.24, 2.45) is 5.14 Å². The van der Waals surface area contributed by atoms with Crippen molar-refractivity contribution in [1.82, 2.24) is 10.2 Å². The van der Waals surface area contributed by atoms with E-state index in [0.29, 0.717) is 25.1 Å². The Kier molecular flexibility index (Phi) is 7.37. The molecule has 1 aliphatic rings. The van der Waals surface area contributed by atoms with Crippen LogP contribution < -0.4 is 10.5 Å². The fourth-order valence-electron chi connectivity index (χ4n) is 4.42. The molecule has 0 aliphatic carbocycles. The molecule has 0 aromatic heterocycles. The van der Waals surface area contributed by atoms with Gasteiger partial charge in [0.2, 0.25) is 10.0 Å². The summed E-state index contributed by atoms with van der Waals surface area (Å²) < 4.78 is 61.8. The second-order valence-corrected chi connectivity index (χ2v) is 10.5. The van der Waals surface area contributed by atoms with Gasteiger partial charge in [0, 0.05) is 13.1 Å². The van der Waals surface area contributed by atoms with Crippen LogP contribution in [0.4, 0.5) is 18.0 Å². The highest BCUT2D eigenvalue weighted by molar-refractivity contribution is 7.89. The number of nitrogens with one attached hydrogen (secondary N) is 1. The molecule has 6 nitrogen and oxygen atoms in total. The van der Waals surface area contributed by atoms with Crippen LogP contribution in [0.3, 0.4) is 0 Å². The third-order valence-electron chi connectivity index (χ3n) is 6.27. The molecule has 4 rings (SSSR count). The Morgan fingerprint density at radius 2 is 1.69 bits per heavy atom. The van der Waals surface area contributed by atoms with E-state index in [4.69, 9.17) is 5.14 Å². The van der Waals surface area contributed by atoms with Crippen molar-refractivity contribution >= 4 is 16.1 Å². The van der Waals surface area contributed by atoms with Crippen molar-refractivity contribution in [2.45, 2.75) is 31.6 Å². The van der Waals surface area contributed by atoms with Gasteiger partial charge in [0.1, 0.15) is 0 Å². The minimum atomic E-state index is -4.39. The molecule has 3 N–H and O–H groups in total. The fraction of sp³-hybridized carbons (Fsp3) is 0.269. The van der Waals surface area contributed by atoms with Gasteiger partial charge in [-0.3, -0.25) is 0 Å². The fourth-order valence-corrected chi connectivity index (χ4v) is 4.99. The summed E-state index contributed by atoms with van der Waals surface area (Å²) in [5, 5.41) is 8.11. The van der Waals surface area contributed by atoms with Crippen LogP contribution in [-0.4, -0.2) is 31.6 Å². The van der Waals surface area contributed by atoms with Crippen molar-refractivity contribution in [3.63, 3.8) is 0 Å². The van der Waals surface area contributed by atoms with Gasteiger partial charge in [-0.15, -0.1) is 0 Å². The van der Waals surface area contributed by atoms with E-state index >= 15 is 0 Å². The Morgan fingerprint density at radius 3 is 2.33 bits per heavy atom. The predicted molar refractivity (Wildman–Crippen MR) is 131 cm³/mol. The van der Waals surface area contributed by atoms with E-state index in [9.17, 15) is 26.4 Å². The van der Waals surface area contributed by atoms with Gasteiger partial charge in [0.25, 0.3) is 0 Å². The zero-order chi connectivity index (χ0) is 25.9. The third-order valence-corrected chi connectivity index (χ3v) is 7.07. The number of benzene rings is 3. The molecule has 3 aromatic rings. The number of urea groups is 1. The molecular weight excluding hydrogens is 491 g/mol. The van der Waals surface area contributed by atoms with E-state index in [-0.39, 0.29) is 18.2 Å². The number of fused-ring (bicyclic) bond motifs is 1. The van der Waals surface area contributed by atoms with E-state index in [1.54, 1.807) is 4.90 Å². The van der Waals surface area contributed by atoms with Crippen molar-refractivity contribution in [3.05, 3.63) is 95.1 Å². The first-order valence-electron chi connectivity index (χ1n) is 11.4. The molecule has 0 spiro atoms. The summed E-state index contributed by atoms with van der Waals surface area (Å²) in [5.74, 6) is -0.272. The highest BCUT2D eigenvalue weighted by Crippen LogP contribution is 2.34. The molecule has 3 aromatic carbocycles. The molecule has 10 heteroatoms. The van der Waals surface area contributed by atoms with Gasteiger partial charge in [-0.2, -0.15) is 13.2 Å². The first kappa shape index (κ1) is 25.7. The largest absolute Gasteiger partial charge is 0.416 e. The second-order valence-electron chi connectivity index (χ2n) is 8.76. The SMILES string of the molecule is NS(=O)(=O)CC[C@H](NC(=O)N1CCc2c(cccc2-c2ccc(C(F)(F)F)cc2)C1)c1ccccc1. The summed E-state index contributed by atoms with van der Waals surface area (Å²) in [4.78, 5) is 14.8. The number of alkyl halides is 3. The number of rotatable bonds is 6. The van der Waals surface area contributed by atoms with Gasteiger partial charge in [0.05, 0.1) is 17.4 Å². The van der Waals surface area contributed by atoms with Crippen LogP contribution in [-0.2, 0) is 29.2 Å². The summed E-state index contributed by atoms with van der Waals surface area (Å²) in [7, 11) is -3.70. The highest BCUT2D eigenvalue weighted by Gasteiger charge is 2.30. The number of carbonyl (C=O) groups excluding carboxylic acids is 1. The molecule has 0 radical (unpaired) electrons. The predicted octanol–water partition coefficient (Wildman–Crippen LogP) is 4.86. The average molecular weight is 518 g/mol. The molecule has 0 fully saturated rings. The maximum Gasteiger partial charge on any atom is 0.416 e. The van der Waals surface area contributed by atoms with Crippen LogP contribution in [0, 0.1) is 0 Å². The number of nitrogens with two attached hydrogens (primary N) is 1. The number of sulfonamides is 1. The summed E-state index contributed by atoms with van der Waals surface area (Å²) in [6.45, 7) is 0.736. The van der Waals surface area contributed by atoms with Crippen LogP contribution in [0.5, 0.6) is 0 Å². The Hall–Kier alpha value is -3.37. The molecule has 190 valence electrons. The van der Waals surface area contributed by atoms with Gasteiger partial charge in [-0.05, 0) is 52.8 Å². The normalized spacial score (nSPS) is 14.7. The van der Waals surface area contributed by atoms with Gasteiger partial charge >= 0.3 is 12.2 Å². The second kappa shape index (κ2) is 10.3. The average Bonchev–Trinajstić information content (AvgIpc) is 2.85. The lowest BCUT2D eigenvalue weighted by Crippen LogP contribution is -2.44. The zero-order valence-corrected chi connectivity index (χ0v) is 20.1. The van der Waals surface area contributed by atoms with Crippen LogP contribution in [0.2, 0.25) is 0 Å². The highest BCUT2D eigenvalue weighted by atomic mass is 32.2. The number of amides is 2. The Balaban J connectivity index is 1.51. The topological polar surface area (TPSA) is 92.5 Å². The standard InChI is InChI=1S/C26H26F3N3O3S/c27-26(28,29)21-11-9-18(10-12-21)22-8-4-7-20-17-32(15-13-23(20)22)25(33)31-24(14-16-36(30,34)35)19-5-2-1-3-6-19/h1-12,24H,13-17H2,(H,31,33)(H2,30,34,35)/t24-/m0/s1. The lowest BCUT2D eigenvalue weighted by Gasteiger charge is -2.32. The van der Waals surface area contributed by atoms with Gasteiger partial charge in [-0.25, -0.2) is 18.4 Å². The van der Waals surface area contributed by atoms with Gasteiger partial charge in [0.15, 0.2) is 0 Å². The third kappa shape index (κ3) is 6.24. The van der Waals surface area contributed by atoms with Crippen LogP contribution in [0.15, 0.2) is 72.8 Å². The number of halogens is 3. The molecule has 1 atom stereocenters. The molecule has 0 bridgehead atoms. The first-order valence-corrected chi connectivity index (χ1v) is 13.1. The Bertz CT molecular complexity index is 1330. The lowest BCUT2D eigenvalue weighted by atomic mass is 9.90. The van der Waals surface area contributed by atoms with Crippen molar-refractivity contribution in [1.29, 1.82) is 0 Å². The van der Waals surface area contributed by atoms with E-state index in [2.05, 4.69) is 5.32 Å². The van der Waals surface area contributed by atoms with E-state index in [1.807, 2.05) is 48.5 Å². The molecule has 1 heterocycles. The number of hydrogen-bond acceptors (Lipinski definition) is 3. The molecule has 2 amide bonds. The minimum absolute atomic E-state index is 0.136. The zero-order valence-electron chi connectivity index (χ0n) is 19.3. The maximum absolute atomic E-state index is 13.1. The van der Waals surface area contributed by atoms with E-state index in [0.717, 1.165) is 34.4 Å². The molecule has 1 aliphatic heterocycles. The molecule has 36 heavy (non-hydrogen) atoms. The van der Waals surface area contributed by atoms with E-state index in [1.165, 1.54) is 12.1 Å². The number of primary sulfonamides is 1. The quantitative estimate of drug-likeness (QED) is 0.489. The maximum atomic E-state index is 13.1. The van der Waals surface area contributed by atoms with Crippen LogP contribution in [0.25, 0.3) is 11.1 Å². The Morgan fingerprint density at radius 1 is 1.00 bits per heavy atom. The van der Waals surface area contributed by atoms with Crippen LogP contribution >= 0.6 is 0 Å². The van der Waals surface area contributed by atoms with Gasteiger partial charge in [-0.1, -0.05) is 60.7 Å². The molecule has 0 saturated heterocycles. The van der Waals surface area contributed by atoms with Crippen LogP contribution in [0.1, 0.15) is 34.7 Å². The molecular formula is C26H26F3N3O3S. The van der Waals surface area contributed by atoms with Crippen molar-refractivity contribution in [3.8, 4) is 11.1 Å². The van der Waals surface area contributed by atoms with Crippen molar-refractivity contribution in [2.75, 3.05) is 12.3 Å². The van der Waals surface area contributed by atoms with Crippen molar-refractivity contribution < 1.29 is 26.4 Å². The summed E-state index contributed by atoms with van der Waals surface area (Å²) in [5.41, 5.74) is 3.51. The smallest absolute Gasteiger partial charge is 0.331 e. The molecule has 0 unspecified atom stereocenters. The first-order chi connectivity index (χ1) is 17.0. The summed E-state index contributed by atoms with van der Waals surface area (Å²) in [6, 6.07) is 18.9. The summed E-state index contributed by atoms with van der Waals surface area (Å²) in [6.07, 6.45) is -3.72. The minimum Gasteiger partial charge on any atom is -0.331 e. The monoisotopic (exact) mass is 517 g/mol. The van der Waals surface area contributed by atoms with Gasteiger partial charge < -0.3 is 10.2 Å². The van der Waals surface area contributed by atoms with E-state index < -0.39 is 27.8 Å². The molecule has 0 saturated carbocycles. The lowest BCUT2D eigenvalue weighted by molar-refractivity contribution is -0.137. The summed E-state index contributed by atoms with van der Waals surface area (Å²) >= 11 is 0. The number of hydrogen-bond donors (Lipinski definition) is 2.